The van der Waals surface area contributed by atoms with Crippen molar-refractivity contribution >= 4 is 16.9 Å². The minimum Gasteiger partial charge on any atom is -0.460 e. The summed E-state index contributed by atoms with van der Waals surface area (Å²) in [5, 5.41) is 16.3. The van der Waals surface area contributed by atoms with Crippen LogP contribution in [0.2, 0.25) is 0 Å². The van der Waals surface area contributed by atoms with Crippen LogP contribution in [-0.2, 0) is 11.3 Å². The number of hydrogen-bond donors (Lipinski definition) is 0. The van der Waals surface area contributed by atoms with Gasteiger partial charge in [0.1, 0.15) is 12.9 Å². The lowest BCUT2D eigenvalue weighted by Crippen LogP contribution is -2.12. The van der Waals surface area contributed by atoms with Crippen LogP contribution in [0.25, 0.3) is 16.6 Å². The van der Waals surface area contributed by atoms with Crippen LogP contribution < -0.4 is 0 Å². The number of rotatable bonds is 5. The molecule has 124 valence electrons. The molecule has 0 amide bonds. The van der Waals surface area contributed by atoms with Crippen molar-refractivity contribution in [1.29, 1.82) is 0 Å². The molecule has 0 unspecified atom stereocenters. The van der Waals surface area contributed by atoms with Crippen molar-refractivity contribution in [3.8, 4) is 5.69 Å². The maximum Gasteiger partial charge on any atom is 0.338 e. The number of esters is 1. The van der Waals surface area contributed by atoms with Gasteiger partial charge in [-0.25, -0.2) is 9.48 Å². The van der Waals surface area contributed by atoms with Gasteiger partial charge in [0.25, 0.3) is 0 Å². The summed E-state index contributed by atoms with van der Waals surface area (Å²) in [7, 11) is 0. The molecule has 0 radical (unpaired) electrons. The zero-order valence-electron chi connectivity index (χ0n) is 13.2. The first kappa shape index (κ1) is 15.0. The highest BCUT2D eigenvalue weighted by Gasteiger charge is 2.10. The van der Waals surface area contributed by atoms with Crippen LogP contribution in [0.3, 0.4) is 0 Å². The Bertz CT molecular complexity index is 1010. The molecule has 0 saturated heterocycles. The first-order valence-corrected chi connectivity index (χ1v) is 7.72. The lowest BCUT2D eigenvalue weighted by molar-refractivity contribution is 0.0489. The normalized spacial score (nSPS) is 10.9. The summed E-state index contributed by atoms with van der Waals surface area (Å²) in [5.74, 6) is -0.397. The Balaban J connectivity index is 1.42. The summed E-state index contributed by atoms with van der Waals surface area (Å²) >= 11 is 0. The van der Waals surface area contributed by atoms with Gasteiger partial charge >= 0.3 is 5.97 Å². The van der Waals surface area contributed by atoms with E-state index in [-0.39, 0.29) is 6.61 Å². The van der Waals surface area contributed by atoms with Gasteiger partial charge in [-0.1, -0.05) is 24.3 Å². The number of carbonyl (C=O) groups is 1. The monoisotopic (exact) mass is 334 g/mol. The SMILES string of the molecule is O=C(OCCn1ncc2ccccc21)c1cccc(-n2cnnn2)c1. The molecule has 2 aromatic carbocycles. The molecule has 8 heteroatoms. The van der Waals surface area contributed by atoms with Gasteiger partial charge in [0.05, 0.1) is 29.5 Å². The van der Waals surface area contributed by atoms with Crippen molar-refractivity contribution in [1.82, 2.24) is 30.0 Å². The number of benzene rings is 2. The molecule has 8 nitrogen and oxygen atoms in total. The molecule has 4 aromatic rings. The molecule has 0 N–H and O–H groups in total. The Labute approximate surface area is 142 Å². The van der Waals surface area contributed by atoms with Gasteiger partial charge in [-0.3, -0.25) is 4.68 Å². The molecule has 0 aliphatic rings. The first-order chi connectivity index (χ1) is 12.3. The minimum atomic E-state index is -0.397. The Morgan fingerprint density at radius 2 is 2.04 bits per heavy atom. The van der Waals surface area contributed by atoms with Gasteiger partial charge in [0.2, 0.25) is 0 Å². The fraction of sp³-hybridized carbons (Fsp3) is 0.118. The van der Waals surface area contributed by atoms with Crippen molar-refractivity contribution in [2.24, 2.45) is 0 Å². The molecule has 0 aliphatic heterocycles. The number of nitrogens with zero attached hydrogens (tertiary/aromatic N) is 6. The van der Waals surface area contributed by atoms with Crippen LogP contribution in [-0.4, -0.2) is 42.6 Å². The zero-order valence-corrected chi connectivity index (χ0v) is 13.2. The summed E-state index contributed by atoms with van der Waals surface area (Å²) in [6, 6.07) is 14.8. The lowest BCUT2D eigenvalue weighted by Gasteiger charge is -2.07. The Morgan fingerprint density at radius 1 is 1.12 bits per heavy atom. The van der Waals surface area contributed by atoms with E-state index in [9.17, 15) is 4.79 Å². The quantitative estimate of drug-likeness (QED) is 0.518. The van der Waals surface area contributed by atoms with Crippen molar-refractivity contribution in [3.05, 3.63) is 66.6 Å². The number of hydrogen-bond acceptors (Lipinski definition) is 6. The maximum absolute atomic E-state index is 12.2. The average molecular weight is 334 g/mol. The molecule has 0 atom stereocenters. The number of fused-ring (bicyclic) bond motifs is 1. The topological polar surface area (TPSA) is 87.7 Å². The number of aromatic nitrogens is 6. The van der Waals surface area contributed by atoms with Crippen LogP contribution in [0.4, 0.5) is 0 Å². The smallest absolute Gasteiger partial charge is 0.338 e. The summed E-state index contributed by atoms with van der Waals surface area (Å²) in [5.41, 5.74) is 2.15. The molecule has 0 aliphatic carbocycles. The summed E-state index contributed by atoms with van der Waals surface area (Å²) < 4.78 is 8.66. The van der Waals surface area contributed by atoms with Gasteiger partial charge in [0.15, 0.2) is 0 Å². The maximum atomic E-state index is 12.2. The van der Waals surface area contributed by atoms with Gasteiger partial charge in [0, 0.05) is 5.39 Å². The number of tetrazole rings is 1. The van der Waals surface area contributed by atoms with E-state index in [0.29, 0.717) is 17.8 Å². The predicted octanol–water partition coefficient (Wildman–Crippen LogP) is 1.87. The van der Waals surface area contributed by atoms with E-state index < -0.39 is 5.97 Å². The molecule has 0 saturated carbocycles. The highest BCUT2D eigenvalue weighted by atomic mass is 16.5. The zero-order chi connectivity index (χ0) is 17.1. The van der Waals surface area contributed by atoms with Crippen molar-refractivity contribution < 1.29 is 9.53 Å². The lowest BCUT2D eigenvalue weighted by atomic mass is 10.2. The minimum absolute atomic E-state index is 0.236. The number of ether oxygens (including phenoxy) is 1. The third-order valence-electron chi connectivity index (χ3n) is 3.78. The van der Waals surface area contributed by atoms with Crippen LogP contribution in [0.5, 0.6) is 0 Å². The summed E-state index contributed by atoms with van der Waals surface area (Å²) in [6.07, 6.45) is 3.26. The van der Waals surface area contributed by atoms with E-state index in [0.717, 1.165) is 10.9 Å². The van der Waals surface area contributed by atoms with Crippen molar-refractivity contribution in [3.63, 3.8) is 0 Å². The molecule has 2 aromatic heterocycles. The molecule has 0 bridgehead atoms. The molecule has 0 fully saturated rings. The van der Waals surface area contributed by atoms with E-state index in [1.54, 1.807) is 24.4 Å². The van der Waals surface area contributed by atoms with Crippen molar-refractivity contribution in [2.45, 2.75) is 6.54 Å². The highest BCUT2D eigenvalue weighted by molar-refractivity contribution is 5.90. The molecule has 4 rings (SSSR count). The first-order valence-electron chi connectivity index (χ1n) is 7.72. The van der Waals surface area contributed by atoms with Gasteiger partial charge in [-0.05, 0) is 34.7 Å². The Hall–Kier alpha value is -3.55. The number of carbonyl (C=O) groups excluding carboxylic acids is 1. The van der Waals surface area contributed by atoms with Crippen LogP contribution in [0.15, 0.2) is 61.1 Å². The van der Waals surface area contributed by atoms with E-state index in [4.69, 9.17) is 4.74 Å². The Kier molecular flexibility index (Phi) is 3.91. The Morgan fingerprint density at radius 3 is 2.92 bits per heavy atom. The summed E-state index contributed by atoms with van der Waals surface area (Å²) in [4.78, 5) is 12.2. The molecule has 0 spiro atoms. The van der Waals surface area contributed by atoms with Crippen molar-refractivity contribution in [2.75, 3.05) is 6.61 Å². The van der Waals surface area contributed by atoms with E-state index in [1.807, 2.05) is 35.0 Å². The fourth-order valence-corrected chi connectivity index (χ4v) is 2.57. The largest absolute Gasteiger partial charge is 0.460 e. The van der Waals surface area contributed by atoms with E-state index in [2.05, 4.69) is 20.6 Å². The predicted molar refractivity (Wildman–Crippen MR) is 89.2 cm³/mol. The molecule has 2 heterocycles. The van der Waals surface area contributed by atoms with Gasteiger partial charge < -0.3 is 4.74 Å². The fourth-order valence-electron chi connectivity index (χ4n) is 2.57. The molecular formula is C17H14N6O2. The molecule has 25 heavy (non-hydrogen) atoms. The standard InChI is InChI=1S/C17H14N6O2/c24-17(13-5-3-6-15(10-13)23-12-18-20-21-23)25-9-8-22-16-7-2-1-4-14(16)11-19-22/h1-7,10-12H,8-9H2. The number of para-hydroxylation sites is 1. The molecular weight excluding hydrogens is 320 g/mol. The van der Waals surface area contributed by atoms with E-state index in [1.165, 1.54) is 11.0 Å². The van der Waals surface area contributed by atoms with E-state index >= 15 is 0 Å². The second-order valence-electron chi connectivity index (χ2n) is 5.37. The third-order valence-corrected chi connectivity index (χ3v) is 3.78. The van der Waals surface area contributed by atoms with Crippen LogP contribution in [0.1, 0.15) is 10.4 Å². The average Bonchev–Trinajstić information content (AvgIpc) is 3.32. The van der Waals surface area contributed by atoms with Crippen LogP contribution in [0, 0.1) is 0 Å². The second-order valence-corrected chi connectivity index (χ2v) is 5.37. The summed E-state index contributed by atoms with van der Waals surface area (Å²) in [6.45, 7) is 0.728. The second kappa shape index (κ2) is 6.52. The van der Waals surface area contributed by atoms with Gasteiger partial charge in [-0.15, -0.1) is 5.10 Å². The van der Waals surface area contributed by atoms with Crippen LogP contribution >= 0.6 is 0 Å². The van der Waals surface area contributed by atoms with Gasteiger partial charge in [-0.2, -0.15) is 5.10 Å². The third kappa shape index (κ3) is 3.09. The highest BCUT2D eigenvalue weighted by Crippen LogP contribution is 2.13.